The van der Waals surface area contributed by atoms with Crippen molar-refractivity contribution in [1.29, 1.82) is 0 Å². The van der Waals surface area contributed by atoms with Gasteiger partial charge in [0, 0.05) is 11.0 Å². The minimum Gasteiger partial charge on any atom is -0.373 e. The van der Waals surface area contributed by atoms with Crippen LogP contribution in [0.3, 0.4) is 0 Å². The molecule has 5 nitrogen and oxygen atoms in total. The molecule has 2 aromatic carbocycles. The third kappa shape index (κ3) is 3.42. The molecule has 1 fully saturated rings. The smallest absolute Gasteiger partial charge is 0.249 e. The molecule has 2 aliphatic carbocycles. The summed E-state index contributed by atoms with van der Waals surface area (Å²) in [5.41, 5.74) is 10.2. The predicted molar refractivity (Wildman–Crippen MR) is 116 cm³/mol. The second-order valence-corrected chi connectivity index (χ2v) is 8.71. The molecule has 0 aliphatic heterocycles. The fourth-order valence-corrected chi connectivity index (χ4v) is 4.95. The minimum atomic E-state index is -0.670. The van der Waals surface area contributed by atoms with Gasteiger partial charge >= 0.3 is 0 Å². The van der Waals surface area contributed by atoms with Crippen molar-refractivity contribution in [1.82, 2.24) is 9.78 Å². The highest BCUT2D eigenvalue weighted by Crippen LogP contribution is 2.51. The molecule has 2 N–H and O–H groups in total. The molecular formula is C25H23F2N3O2. The number of carbonyl (C=O) groups is 1. The number of benzene rings is 2. The minimum absolute atomic E-state index is 0.0538. The van der Waals surface area contributed by atoms with Gasteiger partial charge in [0.1, 0.15) is 11.6 Å². The molecule has 0 bridgehead atoms. The van der Waals surface area contributed by atoms with Gasteiger partial charge in [-0.2, -0.15) is 5.10 Å². The summed E-state index contributed by atoms with van der Waals surface area (Å²) >= 11 is 0. The zero-order chi connectivity index (χ0) is 22.5. The van der Waals surface area contributed by atoms with E-state index in [1.165, 1.54) is 23.8 Å². The van der Waals surface area contributed by atoms with E-state index in [0.29, 0.717) is 5.56 Å². The molecule has 1 amide bonds. The molecule has 0 spiro atoms. The molecule has 32 heavy (non-hydrogen) atoms. The van der Waals surface area contributed by atoms with Gasteiger partial charge in [0.05, 0.1) is 30.3 Å². The average molecular weight is 435 g/mol. The lowest BCUT2D eigenvalue weighted by Crippen LogP contribution is -2.34. The van der Waals surface area contributed by atoms with Crippen LogP contribution in [0.2, 0.25) is 0 Å². The van der Waals surface area contributed by atoms with Crippen LogP contribution in [-0.4, -0.2) is 21.8 Å². The van der Waals surface area contributed by atoms with Gasteiger partial charge < -0.3 is 10.5 Å². The van der Waals surface area contributed by atoms with Gasteiger partial charge in [-0.05, 0) is 72.9 Å². The summed E-state index contributed by atoms with van der Waals surface area (Å²) in [5.74, 6) is -1.45. The van der Waals surface area contributed by atoms with E-state index >= 15 is 0 Å². The Morgan fingerprint density at radius 1 is 1.22 bits per heavy atom. The number of hydrogen-bond donors (Lipinski definition) is 1. The molecule has 3 aromatic rings. The third-order valence-corrected chi connectivity index (χ3v) is 6.72. The zero-order valence-electron chi connectivity index (χ0n) is 17.6. The van der Waals surface area contributed by atoms with Crippen molar-refractivity contribution in [3.8, 4) is 5.69 Å². The standard InChI is InChI=1S/C25H23F2N3O2/c1-25-12-16-13-29-30(20-7-5-18(26)6-8-20)22(16)10-17(25)3-9-23(25)32-14-15-2-4-19(27)11-21(15)24(28)31/h2,4-8,10-11,13,23H,3,9,12,14H2,1H3,(H2,28,31). The Morgan fingerprint density at radius 3 is 2.72 bits per heavy atom. The first kappa shape index (κ1) is 20.6. The maximum atomic E-state index is 13.5. The monoisotopic (exact) mass is 435 g/mol. The van der Waals surface area contributed by atoms with E-state index in [9.17, 15) is 13.6 Å². The summed E-state index contributed by atoms with van der Waals surface area (Å²) in [6.07, 6.45) is 6.49. The second-order valence-electron chi connectivity index (χ2n) is 8.71. The SMILES string of the molecule is CC12Cc3cnn(-c4ccc(F)cc4)c3C=C1CCC2OCc1ccc(F)cc1C(N)=O. The van der Waals surface area contributed by atoms with Crippen LogP contribution in [0, 0.1) is 17.0 Å². The fraction of sp³-hybridized carbons (Fsp3) is 0.280. The van der Waals surface area contributed by atoms with E-state index < -0.39 is 11.7 Å². The van der Waals surface area contributed by atoms with Crippen LogP contribution < -0.4 is 5.73 Å². The summed E-state index contributed by atoms with van der Waals surface area (Å²) in [4.78, 5) is 11.7. The number of nitrogens with two attached hydrogens (primary N) is 1. The molecule has 5 rings (SSSR count). The summed E-state index contributed by atoms with van der Waals surface area (Å²) in [6, 6.07) is 10.3. The molecule has 2 unspecified atom stereocenters. The number of fused-ring (bicyclic) bond motifs is 2. The van der Waals surface area contributed by atoms with Crippen LogP contribution in [0.15, 0.2) is 54.2 Å². The number of nitrogens with zero attached hydrogens (tertiary/aromatic N) is 2. The number of halogens is 2. The van der Waals surface area contributed by atoms with E-state index in [-0.39, 0.29) is 29.5 Å². The predicted octanol–water partition coefficient (Wildman–Crippen LogP) is 4.57. The quantitative estimate of drug-likeness (QED) is 0.638. The van der Waals surface area contributed by atoms with Crippen molar-refractivity contribution < 1.29 is 18.3 Å². The van der Waals surface area contributed by atoms with Crippen LogP contribution in [0.25, 0.3) is 11.8 Å². The average Bonchev–Trinajstić information content (AvgIpc) is 3.31. The Kier molecular flexibility index (Phi) is 4.93. The molecule has 1 heterocycles. The first-order valence-corrected chi connectivity index (χ1v) is 10.6. The van der Waals surface area contributed by atoms with Crippen LogP contribution in [0.5, 0.6) is 0 Å². The second kappa shape index (κ2) is 7.67. The molecule has 1 aromatic heterocycles. The van der Waals surface area contributed by atoms with Gasteiger partial charge in [0.15, 0.2) is 0 Å². The number of amides is 1. The van der Waals surface area contributed by atoms with Crippen molar-refractivity contribution in [2.75, 3.05) is 0 Å². The van der Waals surface area contributed by atoms with Gasteiger partial charge in [0.25, 0.3) is 0 Å². The highest BCUT2D eigenvalue weighted by Gasteiger charge is 2.46. The molecule has 0 saturated heterocycles. The number of rotatable bonds is 5. The van der Waals surface area contributed by atoms with Crippen LogP contribution in [-0.2, 0) is 17.8 Å². The molecule has 7 heteroatoms. The van der Waals surface area contributed by atoms with E-state index in [2.05, 4.69) is 18.1 Å². The van der Waals surface area contributed by atoms with Crippen LogP contribution in [0.1, 0.15) is 46.9 Å². The van der Waals surface area contributed by atoms with Crippen molar-refractivity contribution in [3.05, 3.63) is 88.3 Å². The maximum Gasteiger partial charge on any atom is 0.249 e. The lowest BCUT2D eigenvalue weighted by Gasteiger charge is -2.35. The number of carbonyl (C=O) groups excluding carboxylic acids is 1. The Morgan fingerprint density at radius 2 is 1.97 bits per heavy atom. The molecule has 2 aliphatic rings. The Labute approximate surface area is 184 Å². The first-order chi connectivity index (χ1) is 15.3. The fourth-order valence-electron chi connectivity index (χ4n) is 4.95. The van der Waals surface area contributed by atoms with E-state index in [1.807, 2.05) is 10.9 Å². The lowest BCUT2D eigenvalue weighted by molar-refractivity contribution is -0.0141. The molecule has 1 saturated carbocycles. The van der Waals surface area contributed by atoms with Gasteiger partial charge in [-0.3, -0.25) is 4.79 Å². The highest BCUT2D eigenvalue weighted by atomic mass is 19.1. The normalized spacial score (nSPS) is 21.7. The zero-order valence-corrected chi connectivity index (χ0v) is 17.6. The highest BCUT2D eigenvalue weighted by molar-refractivity contribution is 5.94. The Hall–Kier alpha value is -3.32. The van der Waals surface area contributed by atoms with Crippen LogP contribution >= 0.6 is 0 Å². The van der Waals surface area contributed by atoms with Crippen LogP contribution in [0.4, 0.5) is 8.78 Å². The molecule has 164 valence electrons. The number of hydrogen-bond acceptors (Lipinski definition) is 3. The molecule has 2 atom stereocenters. The van der Waals surface area contributed by atoms with Crippen molar-refractivity contribution in [2.24, 2.45) is 11.1 Å². The Balaban J connectivity index is 1.39. The van der Waals surface area contributed by atoms with E-state index in [1.54, 1.807) is 18.2 Å². The number of primary amides is 1. The largest absolute Gasteiger partial charge is 0.373 e. The van der Waals surface area contributed by atoms with E-state index in [0.717, 1.165) is 42.3 Å². The first-order valence-electron chi connectivity index (χ1n) is 10.6. The summed E-state index contributed by atoms with van der Waals surface area (Å²) in [7, 11) is 0. The summed E-state index contributed by atoms with van der Waals surface area (Å²) in [6.45, 7) is 2.38. The molecule has 0 radical (unpaired) electrons. The lowest BCUT2D eigenvalue weighted by atomic mass is 9.74. The number of aromatic nitrogens is 2. The number of ether oxygens (including phenoxy) is 1. The summed E-state index contributed by atoms with van der Waals surface area (Å²) in [5, 5.41) is 4.54. The summed E-state index contributed by atoms with van der Waals surface area (Å²) < 4.78 is 35.0. The topological polar surface area (TPSA) is 70.1 Å². The molecular weight excluding hydrogens is 412 g/mol. The van der Waals surface area contributed by atoms with Gasteiger partial charge in [0.2, 0.25) is 5.91 Å². The third-order valence-electron chi connectivity index (χ3n) is 6.72. The van der Waals surface area contributed by atoms with Crippen molar-refractivity contribution >= 4 is 12.0 Å². The Bertz CT molecular complexity index is 1230. The van der Waals surface area contributed by atoms with Crippen molar-refractivity contribution in [3.63, 3.8) is 0 Å². The maximum absolute atomic E-state index is 13.5. The van der Waals surface area contributed by atoms with E-state index in [4.69, 9.17) is 10.5 Å². The van der Waals surface area contributed by atoms with Gasteiger partial charge in [-0.15, -0.1) is 0 Å². The van der Waals surface area contributed by atoms with Gasteiger partial charge in [-0.1, -0.05) is 18.6 Å². The van der Waals surface area contributed by atoms with Gasteiger partial charge in [-0.25, -0.2) is 13.5 Å². The van der Waals surface area contributed by atoms with Crippen molar-refractivity contribution in [2.45, 2.75) is 38.9 Å².